The van der Waals surface area contributed by atoms with E-state index >= 15 is 0 Å². The van der Waals surface area contributed by atoms with E-state index in [4.69, 9.17) is 4.74 Å². The van der Waals surface area contributed by atoms with E-state index < -0.39 is 29.2 Å². The van der Waals surface area contributed by atoms with Crippen LogP contribution < -0.4 is 4.74 Å². The van der Waals surface area contributed by atoms with Crippen molar-refractivity contribution in [2.75, 3.05) is 6.61 Å². The molecular formula is C22H19F4N3O2. The number of halogens is 4. The Balaban J connectivity index is 1.88. The van der Waals surface area contributed by atoms with Gasteiger partial charge in [0.25, 0.3) is 0 Å². The molecule has 1 aromatic heterocycles. The Morgan fingerprint density at radius 3 is 2.74 bits per heavy atom. The molecule has 162 valence electrons. The number of hydrogen-bond acceptors (Lipinski definition) is 5. The van der Waals surface area contributed by atoms with Crippen molar-refractivity contribution in [3.8, 4) is 5.75 Å². The van der Waals surface area contributed by atoms with E-state index in [-0.39, 0.29) is 30.0 Å². The average Bonchev–Trinajstić information content (AvgIpc) is 2.70. The van der Waals surface area contributed by atoms with Gasteiger partial charge in [0.15, 0.2) is 5.71 Å². The standard InChI is InChI=1S/C22H19F4N3O2/c1-12-27-11-15-17(28-12)4-3-5-18(15)29-20(22(24,25)26)21(2,30)16-8-9-31-19-7-6-13(23)10-14(16)19/h3-7,10-11,16,30H,8-9H2,1-2H3. The highest BCUT2D eigenvalue weighted by Gasteiger charge is 2.52. The van der Waals surface area contributed by atoms with E-state index in [1.807, 2.05) is 0 Å². The molecule has 0 saturated carbocycles. The maximum atomic E-state index is 14.1. The average molecular weight is 433 g/mol. The first-order valence-corrected chi connectivity index (χ1v) is 9.60. The monoisotopic (exact) mass is 433 g/mol. The van der Waals surface area contributed by atoms with Crippen LogP contribution in [0.2, 0.25) is 0 Å². The zero-order valence-electron chi connectivity index (χ0n) is 16.7. The Morgan fingerprint density at radius 1 is 1.23 bits per heavy atom. The predicted octanol–water partition coefficient (Wildman–Crippen LogP) is 5.03. The molecular weight excluding hydrogens is 414 g/mol. The molecule has 2 aromatic carbocycles. The second-order valence-electron chi connectivity index (χ2n) is 7.60. The first-order valence-electron chi connectivity index (χ1n) is 9.60. The molecule has 0 amide bonds. The van der Waals surface area contributed by atoms with Crippen molar-refractivity contribution < 1.29 is 27.4 Å². The fourth-order valence-electron chi connectivity index (χ4n) is 3.93. The van der Waals surface area contributed by atoms with Crippen molar-refractivity contribution in [1.82, 2.24) is 9.97 Å². The van der Waals surface area contributed by atoms with Gasteiger partial charge < -0.3 is 9.84 Å². The molecule has 4 rings (SSSR count). The van der Waals surface area contributed by atoms with Gasteiger partial charge >= 0.3 is 6.18 Å². The van der Waals surface area contributed by atoms with Gasteiger partial charge in [-0.2, -0.15) is 13.2 Å². The fourth-order valence-corrected chi connectivity index (χ4v) is 3.93. The van der Waals surface area contributed by atoms with Crippen molar-refractivity contribution in [2.45, 2.75) is 38.0 Å². The minimum Gasteiger partial charge on any atom is -0.493 e. The predicted molar refractivity (Wildman–Crippen MR) is 107 cm³/mol. The number of aliphatic hydroxyl groups is 1. The SMILES string of the molecule is Cc1ncc2c(N=C(C(F)(F)F)C(C)(O)C3CCOc4ccc(F)cc43)cccc2n1. The summed E-state index contributed by atoms with van der Waals surface area (Å²) in [5.74, 6) is -0.982. The van der Waals surface area contributed by atoms with Crippen molar-refractivity contribution in [2.24, 2.45) is 4.99 Å². The van der Waals surface area contributed by atoms with Crippen LogP contribution >= 0.6 is 0 Å². The largest absolute Gasteiger partial charge is 0.493 e. The summed E-state index contributed by atoms with van der Waals surface area (Å²) in [6.45, 7) is 2.81. The van der Waals surface area contributed by atoms with Gasteiger partial charge in [-0.25, -0.2) is 19.4 Å². The maximum absolute atomic E-state index is 14.1. The zero-order chi connectivity index (χ0) is 22.4. The molecule has 1 aliphatic rings. The van der Waals surface area contributed by atoms with Crippen LogP contribution in [0.1, 0.15) is 30.7 Å². The van der Waals surface area contributed by atoms with E-state index in [1.54, 1.807) is 13.0 Å². The summed E-state index contributed by atoms with van der Waals surface area (Å²) in [6.07, 6.45) is -3.47. The smallest absolute Gasteiger partial charge is 0.432 e. The topological polar surface area (TPSA) is 67.6 Å². The molecule has 2 unspecified atom stereocenters. The van der Waals surface area contributed by atoms with E-state index in [2.05, 4.69) is 15.0 Å². The molecule has 0 bridgehead atoms. The number of alkyl halides is 3. The highest BCUT2D eigenvalue weighted by Crippen LogP contribution is 2.44. The number of aryl methyl sites for hydroxylation is 1. The van der Waals surface area contributed by atoms with Crippen LogP contribution in [0, 0.1) is 12.7 Å². The van der Waals surface area contributed by atoms with E-state index in [9.17, 15) is 22.7 Å². The molecule has 3 aromatic rings. The Labute approximate surface area is 175 Å². The molecule has 0 saturated heterocycles. The normalized spacial score (nSPS) is 18.9. The van der Waals surface area contributed by atoms with Crippen molar-refractivity contribution in [3.05, 3.63) is 59.8 Å². The Bertz CT molecular complexity index is 1180. The van der Waals surface area contributed by atoms with Gasteiger partial charge in [-0.1, -0.05) is 6.07 Å². The van der Waals surface area contributed by atoms with E-state index in [1.165, 1.54) is 24.4 Å². The van der Waals surface area contributed by atoms with Gasteiger partial charge in [0, 0.05) is 23.1 Å². The highest BCUT2D eigenvalue weighted by atomic mass is 19.4. The minimum absolute atomic E-state index is 0.0170. The lowest BCUT2D eigenvalue weighted by atomic mass is 9.76. The van der Waals surface area contributed by atoms with Crippen LogP contribution in [0.25, 0.3) is 10.9 Å². The zero-order valence-corrected chi connectivity index (χ0v) is 16.7. The van der Waals surface area contributed by atoms with Gasteiger partial charge in [0.1, 0.15) is 23.0 Å². The number of benzene rings is 2. The van der Waals surface area contributed by atoms with Crippen LogP contribution in [0.15, 0.2) is 47.6 Å². The van der Waals surface area contributed by atoms with E-state index in [0.717, 1.165) is 19.1 Å². The number of aliphatic imine (C=N–C) groups is 1. The first kappa shape index (κ1) is 21.2. The molecule has 0 spiro atoms. The summed E-state index contributed by atoms with van der Waals surface area (Å²) in [4.78, 5) is 12.1. The quantitative estimate of drug-likeness (QED) is 0.465. The number of nitrogens with zero attached hydrogens (tertiary/aromatic N) is 3. The fraction of sp³-hybridized carbons (Fsp3) is 0.318. The van der Waals surface area contributed by atoms with Crippen molar-refractivity contribution >= 4 is 22.3 Å². The molecule has 31 heavy (non-hydrogen) atoms. The minimum atomic E-state index is -4.94. The number of fused-ring (bicyclic) bond motifs is 2. The summed E-state index contributed by atoms with van der Waals surface area (Å²) in [7, 11) is 0. The highest BCUT2D eigenvalue weighted by molar-refractivity contribution is 6.02. The molecule has 1 N–H and O–H groups in total. The van der Waals surface area contributed by atoms with Crippen LogP contribution in [-0.2, 0) is 0 Å². The molecule has 0 radical (unpaired) electrons. The number of hydrogen-bond donors (Lipinski definition) is 1. The molecule has 0 aliphatic carbocycles. The first-order chi connectivity index (χ1) is 14.6. The van der Waals surface area contributed by atoms with Gasteiger partial charge in [-0.05, 0) is 50.6 Å². The molecule has 2 atom stereocenters. The molecule has 9 heteroatoms. The maximum Gasteiger partial charge on any atom is 0.432 e. The van der Waals surface area contributed by atoms with Crippen molar-refractivity contribution in [3.63, 3.8) is 0 Å². The summed E-state index contributed by atoms with van der Waals surface area (Å²) >= 11 is 0. The van der Waals surface area contributed by atoms with Crippen LogP contribution in [0.5, 0.6) is 5.75 Å². The summed E-state index contributed by atoms with van der Waals surface area (Å²) < 4.78 is 61.7. The second kappa shape index (κ2) is 7.56. The van der Waals surface area contributed by atoms with Crippen LogP contribution in [0.3, 0.4) is 0 Å². The Kier molecular flexibility index (Phi) is 5.17. The lowest BCUT2D eigenvalue weighted by Crippen LogP contribution is -2.50. The summed E-state index contributed by atoms with van der Waals surface area (Å²) in [5.41, 5.74) is -3.23. The number of aromatic nitrogens is 2. The lowest BCUT2D eigenvalue weighted by molar-refractivity contribution is -0.0768. The second-order valence-corrected chi connectivity index (χ2v) is 7.60. The van der Waals surface area contributed by atoms with Gasteiger partial charge in [-0.15, -0.1) is 0 Å². The Hall–Kier alpha value is -3.07. The summed E-state index contributed by atoms with van der Waals surface area (Å²) in [5, 5.41) is 11.5. The summed E-state index contributed by atoms with van der Waals surface area (Å²) in [6, 6.07) is 8.19. The van der Waals surface area contributed by atoms with E-state index in [0.29, 0.717) is 16.7 Å². The third-order valence-corrected chi connectivity index (χ3v) is 5.39. The van der Waals surface area contributed by atoms with Gasteiger partial charge in [0.05, 0.1) is 17.8 Å². The number of rotatable bonds is 3. The molecule has 2 heterocycles. The molecule has 0 fully saturated rings. The lowest BCUT2D eigenvalue weighted by Gasteiger charge is -2.38. The third kappa shape index (κ3) is 3.97. The molecule has 1 aliphatic heterocycles. The molecule has 5 nitrogen and oxygen atoms in total. The van der Waals surface area contributed by atoms with Gasteiger partial charge in [-0.3, -0.25) is 0 Å². The van der Waals surface area contributed by atoms with Crippen LogP contribution in [-0.4, -0.2) is 39.2 Å². The third-order valence-electron chi connectivity index (χ3n) is 5.39. The van der Waals surface area contributed by atoms with Crippen molar-refractivity contribution in [1.29, 1.82) is 0 Å². The van der Waals surface area contributed by atoms with Crippen LogP contribution in [0.4, 0.5) is 23.2 Å². The van der Waals surface area contributed by atoms with Gasteiger partial charge in [0.2, 0.25) is 0 Å². The Morgan fingerprint density at radius 2 is 2.00 bits per heavy atom. The number of ether oxygens (including phenoxy) is 1.